The fourth-order valence-electron chi connectivity index (χ4n) is 2.47. The van der Waals surface area contributed by atoms with Gasteiger partial charge >= 0.3 is 0 Å². The van der Waals surface area contributed by atoms with E-state index in [4.69, 9.17) is 10.5 Å². The number of hydrogen-bond donors (Lipinski definition) is 2. The molecule has 0 radical (unpaired) electrons. The van der Waals surface area contributed by atoms with Crippen molar-refractivity contribution in [1.82, 2.24) is 0 Å². The standard InChI is InChI=1S/C13H20N2O/c1-16-13-8-3-2-6-12(13)15-11-7-4-5-10(11)9-14/h2-3,6,8,10-11,15H,4-5,7,9,14H2,1H3. The molecule has 3 heteroatoms. The van der Waals surface area contributed by atoms with Crippen molar-refractivity contribution in [2.45, 2.75) is 25.3 Å². The topological polar surface area (TPSA) is 47.3 Å². The van der Waals surface area contributed by atoms with Gasteiger partial charge in [-0.2, -0.15) is 0 Å². The molecule has 1 saturated carbocycles. The minimum atomic E-state index is 0.501. The van der Waals surface area contributed by atoms with Gasteiger partial charge in [0.1, 0.15) is 5.75 Å². The van der Waals surface area contributed by atoms with Gasteiger partial charge in [-0.3, -0.25) is 0 Å². The summed E-state index contributed by atoms with van der Waals surface area (Å²) in [6.07, 6.45) is 3.72. The molecule has 0 saturated heterocycles. The Kier molecular flexibility index (Phi) is 3.67. The van der Waals surface area contributed by atoms with Crippen molar-refractivity contribution < 1.29 is 4.74 Å². The summed E-state index contributed by atoms with van der Waals surface area (Å²) >= 11 is 0. The second-order valence-corrected chi connectivity index (χ2v) is 4.38. The van der Waals surface area contributed by atoms with Gasteiger partial charge in [-0.1, -0.05) is 18.6 Å². The Hall–Kier alpha value is -1.22. The Balaban J connectivity index is 2.08. The molecule has 2 atom stereocenters. The summed E-state index contributed by atoms with van der Waals surface area (Å²) < 4.78 is 5.33. The van der Waals surface area contributed by atoms with Crippen LogP contribution in [-0.4, -0.2) is 19.7 Å². The van der Waals surface area contributed by atoms with E-state index >= 15 is 0 Å². The zero-order valence-corrected chi connectivity index (χ0v) is 9.78. The summed E-state index contributed by atoms with van der Waals surface area (Å²) in [5.74, 6) is 1.51. The lowest BCUT2D eigenvalue weighted by Gasteiger charge is -2.21. The molecule has 88 valence electrons. The van der Waals surface area contributed by atoms with Gasteiger partial charge in [0.05, 0.1) is 12.8 Å². The Morgan fingerprint density at radius 1 is 1.38 bits per heavy atom. The van der Waals surface area contributed by atoms with Gasteiger partial charge in [-0.15, -0.1) is 0 Å². The second kappa shape index (κ2) is 5.21. The van der Waals surface area contributed by atoms with E-state index in [1.807, 2.05) is 18.2 Å². The number of anilines is 1. The molecule has 0 bridgehead atoms. The first-order valence-electron chi connectivity index (χ1n) is 5.94. The van der Waals surface area contributed by atoms with Crippen LogP contribution in [-0.2, 0) is 0 Å². The summed E-state index contributed by atoms with van der Waals surface area (Å²) in [4.78, 5) is 0. The molecule has 1 aliphatic carbocycles. The van der Waals surface area contributed by atoms with E-state index < -0.39 is 0 Å². The van der Waals surface area contributed by atoms with Crippen LogP contribution in [0.15, 0.2) is 24.3 Å². The lowest BCUT2D eigenvalue weighted by atomic mass is 10.0. The highest BCUT2D eigenvalue weighted by Crippen LogP contribution is 2.31. The molecule has 0 heterocycles. The van der Waals surface area contributed by atoms with E-state index in [1.54, 1.807) is 7.11 Å². The fourth-order valence-corrected chi connectivity index (χ4v) is 2.47. The average molecular weight is 220 g/mol. The van der Waals surface area contributed by atoms with Gasteiger partial charge in [0.15, 0.2) is 0 Å². The lowest BCUT2D eigenvalue weighted by molar-refractivity contribution is 0.414. The van der Waals surface area contributed by atoms with Crippen LogP contribution in [0.2, 0.25) is 0 Å². The first kappa shape index (κ1) is 11.3. The summed E-state index contributed by atoms with van der Waals surface area (Å²) in [7, 11) is 1.70. The molecule has 1 aromatic rings. The fraction of sp³-hybridized carbons (Fsp3) is 0.538. The molecule has 3 N–H and O–H groups in total. The molecule has 16 heavy (non-hydrogen) atoms. The zero-order valence-electron chi connectivity index (χ0n) is 9.78. The van der Waals surface area contributed by atoms with Crippen LogP contribution >= 0.6 is 0 Å². The van der Waals surface area contributed by atoms with Gasteiger partial charge in [0, 0.05) is 6.04 Å². The summed E-state index contributed by atoms with van der Waals surface area (Å²) in [6.45, 7) is 0.771. The van der Waals surface area contributed by atoms with Crippen molar-refractivity contribution in [3.8, 4) is 5.75 Å². The van der Waals surface area contributed by atoms with Crippen LogP contribution in [0.4, 0.5) is 5.69 Å². The highest BCUT2D eigenvalue weighted by atomic mass is 16.5. The number of rotatable bonds is 4. The first-order valence-corrected chi connectivity index (χ1v) is 5.94. The van der Waals surface area contributed by atoms with Crippen molar-refractivity contribution in [2.24, 2.45) is 11.7 Å². The normalized spacial score (nSPS) is 24.4. The van der Waals surface area contributed by atoms with Crippen LogP contribution in [0.3, 0.4) is 0 Å². The van der Waals surface area contributed by atoms with Gasteiger partial charge in [-0.05, 0) is 37.4 Å². The van der Waals surface area contributed by atoms with E-state index in [0.29, 0.717) is 12.0 Å². The Morgan fingerprint density at radius 2 is 2.19 bits per heavy atom. The molecule has 3 nitrogen and oxygen atoms in total. The largest absolute Gasteiger partial charge is 0.495 e. The molecular formula is C13H20N2O. The lowest BCUT2D eigenvalue weighted by Crippen LogP contribution is -2.29. The van der Waals surface area contributed by atoms with Gasteiger partial charge in [0.25, 0.3) is 0 Å². The number of nitrogens with two attached hydrogens (primary N) is 1. The third-order valence-corrected chi connectivity index (χ3v) is 3.41. The molecule has 0 aromatic heterocycles. The molecule has 0 amide bonds. The number of ether oxygens (including phenoxy) is 1. The predicted octanol–water partition coefficient (Wildman–Crippen LogP) is 2.23. The van der Waals surface area contributed by atoms with Crippen LogP contribution in [0.1, 0.15) is 19.3 Å². The Morgan fingerprint density at radius 3 is 2.94 bits per heavy atom. The molecule has 0 aliphatic heterocycles. The predicted molar refractivity (Wildman–Crippen MR) is 66.8 cm³/mol. The van der Waals surface area contributed by atoms with Gasteiger partial charge in [0.2, 0.25) is 0 Å². The maximum atomic E-state index is 5.78. The second-order valence-electron chi connectivity index (χ2n) is 4.38. The van der Waals surface area contributed by atoms with Crippen molar-refractivity contribution in [1.29, 1.82) is 0 Å². The molecule has 2 rings (SSSR count). The van der Waals surface area contributed by atoms with Crippen molar-refractivity contribution in [2.75, 3.05) is 19.0 Å². The maximum absolute atomic E-state index is 5.78. The van der Waals surface area contributed by atoms with Gasteiger partial charge in [-0.25, -0.2) is 0 Å². The van der Waals surface area contributed by atoms with E-state index in [-0.39, 0.29) is 0 Å². The Bertz CT molecular complexity index is 340. The molecule has 1 fully saturated rings. The quantitative estimate of drug-likeness (QED) is 0.818. The highest BCUT2D eigenvalue weighted by Gasteiger charge is 2.26. The number of methoxy groups -OCH3 is 1. The summed E-state index contributed by atoms with van der Waals surface area (Å²) in [5.41, 5.74) is 6.86. The molecule has 1 aliphatic rings. The highest BCUT2D eigenvalue weighted by molar-refractivity contribution is 5.56. The van der Waals surface area contributed by atoms with E-state index in [9.17, 15) is 0 Å². The van der Waals surface area contributed by atoms with Crippen LogP contribution in [0, 0.1) is 5.92 Å². The maximum Gasteiger partial charge on any atom is 0.141 e. The van der Waals surface area contributed by atoms with Crippen LogP contribution < -0.4 is 15.8 Å². The van der Waals surface area contributed by atoms with E-state index in [2.05, 4.69) is 11.4 Å². The SMILES string of the molecule is COc1ccccc1NC1CCCC1CN. The summed E-state index contributed by atoms with van der Waals surface area (Å²) in [5, 5.41) is 3.56. The minimum Gasteiger partial charge on any atom is -0.495 e. The molecular weight excluding hydrogens is 200 g/mol. The first-order chi connectivity index (χ1) is 7.85. The zero-order chi connectivity index (χ0) is 11.4. The van der Waals surface area contributed by atoms with Gasteiger partial charge < -0.3 is 15.8 Å². The monoisotopic (exact) mass is 220 g/mol. The summed E-state index contributed by atoms with van der Waals surface area (Å²) in [6, 6.07) is 8.55. The third kappa shape index (κ3) is 2.30. The van der Waals surface area contributed by atoms with Crippen molar-refractivity contribution in [3.63, 3.8) is 0 Å². The van der Waals surface area contributed by atoms with Crippen LogP contribution in [0.5, 0.6) is 5.75 Å². The smallest absolute Gasteiger partial charge is 0.141 e. The van der Waals surface area contributed by atoms with E-state index in [0.717, 1.165) is 18.0 Å². The molecule has 2 unspecified atom stereocenters. The van der Waals surface area contributed by atoms with Crippen molar-refractivity contribution in [3.05, 3.63) is 24.3 Å². The van der Waals surface area contributed by atoms with Crippen LogP contribution in [0.25, 0.3) is 0 Å². The number of benzene rings is 1. The minimum absolute atomic E-state index is 0.501. The third-order valence-electron chi connectivity index (χ3n) is 3.41. The number of para-hydroxylation sites is 2. The molecule has 0 spiro atoms. The number of hydrogen-bond acceptors (Lipinski definition) is 3. The number of nitrogens with one attached hydrogen (secondary N) is 1. The average Bonchev–Trinajstić information content (AvgIpc) is 2.77. The molecule has 1 aromatic carbocycles. The van der Waals surface area contributed by atoms with E-state index in [1.165, 1.54) is 19.3 Å². The Labute approximate surface area is 97.0 Å². The van der Waals surface area contributed by atoms with Crippen molar-refractivity contribution >= 4 is 5.69 Å².